The Balaban J connectivity index is 1.61. The summed E-state index contributed by atoms with van der Waals surface area (Å²) in [5.41, 5.74) is 5.01. The molecule has 1 saturated carbocycles. The Morgan fingerprint density at radius 1 is 1.18 bits per heavy atom. The van der Waals surface area contributed by atoms with Gasteiger partial charge in [-0.1, -0.05) is 12.8 Å². The summed E-state index contributed by atoms with van der Waals surface area (Å²) >= 11 is 0. The summed E-state index contributed by atoms with van der Waals surface area (Å²) in [5, 5.41) is 8.59. The summed E-state index contributed by atoms with van der Waals surface area (Å²) in [4.78, 5) is 30.8. The Hall–Kier alpha value is -2.93. The van der Waals surface area contributed by atoms with Gasteiger partial charge in [0, 0.05) is 23.2 Å². The summed E-state index contributed by atoms with van der Waals surface area (Å²) in [5.74, 6) is -0.162. The fraction of sp³-hybridized carbons (Fsp3) is 0.519. The van der Waals surface area contributed by atoms with Crippen molar-refractivity contribution in [3.8, 4) is 0 Å². The zero-order valence-electron chi connectivity index (χ0n) is 20.9. The molecule has 0 saturated heterocycles. The van der Waals surface area contributed by atoms with Gasteiger partial charge in [-0.05, 0) is 95.9 Å². The van der Waals surface area contributed by atoms with Gasteiger partial charge in [-0.2, -0.15) is 5.10 Å². The van der Waals surface area contributed by atoms with Crippen LogP contribution in [0.1, 0.15) is 77.3 Å². The van der Waals surface area contributed by atoms with Gasteiger partial charge in [0.05, 0.1) is 23.3 Å². The van der Waals surface area contributed by atoms with Crippen LogP contribution in [0.2, 0.25) is 0 Å². The largest absolute Gasteiger partial charge is 0.348 e. The number of aromatic nitrogens is 3. The van der Waals surface area contributed by atoms with E-state index < -0.39 is 0 Å². The van der Waals surface area contributed by atoms with Gasteiger partial charge in [0.25, 0.3) is 11.5 Å². The van der Waals surface area contributed by atoms with Crippen LogP contribution in [-0.2, 0) is 13.0 Å². The molecule has 2 heterocycles. The Kier molecular flexibility index (Phi) is 7.51. The van der Waals surface area contributed by atoms with Crippen molar-refractivity contribution in [3.63, 3.8) is 0 Å². The van der Waals surface area contributed by atoms with E-state index in [4.69, 9.17) is 5.10 Å². The highest BCUT2D eigenvalue weighted by molar-refractivity contribution is 6.06. The maximum atomic E-state index is 13.4. The van der Waals surface area contributed by atoms with Gasteiger partial charge in [-0.25, -0.2) is 0 Å². The van der Waals surface area contributed by atoms with Crippen LogP contribution in [0.4, 0.5) is 0 Å². The Morgan fingerprint density at radius 2 is 1.94 bits per heavy atom. The van der Waals surface area contributed by atoms with E-state index >= 15 is 0 Å². The Bertz CT molecular complexity index is 1220. The Morgan fingerprint density at radius 3 is 2.65 bits per heavy atom. The number of H-pyrrole nitrogens is 1. The van der Waals surface area contributed by atoms with Crippen LogP contribution in [0.3, 0.4) is 0 Å². The third-order valence-corrected chi connectivity index (χ3v) is 6.93. The van der Waals surface area contributed by atoms with Crippen LogP contribution >= 0.6 is 0 Å². The fourth-order valence-electron chi connectivity index (χ4n) is 5.10. The molecule has 1 aliphatic rings. The monoisotopic (exact) mass is 463 g/mol. The quantitative estimate of drug-likeness (QED) is 0.464. The van der Waals surface area contributed by atoms with Crippen molar-refractivity contribution >= 4 is 16.8 Å². The van der Waals surface area contributed by atoms with Crippen molar-refractivity contribution in [2.75, 3.05) is 20.6 Å². The van der Waals surface area contributed by atoms with Crippen molar-refractivity contribution in [3.05, 3.63) is 62.7 Å². The third-order valence-electron chi connectivity index (χ3n) is 6.93. The lowest BCUT2D eigenvalue weighted by atomic mass is 10.0. The maximum Gasteiger partial charge on any atom is 0.253 e. The molecular formula is C27H37N5O2. The lowest BCUT2D eigenvalue weighted by Gasteiger charge is -2.14. The molecule has 182 valence electrons. The number of nitrogens with one attached hydrogen (secondary N) is 2. The van der Waals surface area contributed by atoms with Crippen LogP contribution in [0, 0.1) is 13.8 Å². The average Bonchev–Trinajstić information content (AvgIpc) is 3.44. The lowest BCUT2D eigenvalue weighted by Crippen LogP contribution is -2.28. The molecule has 7 heteroatoms. The number of aryl methyl sites for hydroxylation is 3. The standard InChI is InChI=1S/C27H37N5O2/c1-18-13-19(2)30-27(34)23(18)16-28-26(33)22-14-20(9-7-8-12-31(3)4)15-25-24(22)17-29-32(25)21-10-5-6-11-21/h13-15,17,21H,5-12,16H2,1-4H3,(H,28,33)(H,30,34). The molecule has 4 rings (SSSR count). The molecule has 0 radical (unpaired) electrons. The van der Waals surface area contributed by atoms with Crippen molar-refractivity contribution in [1.29, 1.82) is 0 Å². The molecule has 0 unspecified atom stereocenters. The van der Waals surface area contributed by atoms with E-state index in [0.717, 1.165) is 60.8 Å². The van der Waals surface area contributed by atoms with E-state index in [-0.39, 0.29) is 18.0 Å². The van der Waals surface area contributed by atoms with E-state index in [0.29, 0.717) is 17.2 Å². The average molecular weight is 464 g/mol. The predicted molar refractivity (Wildman–Crippen MR) is 136 cm³/mol. The number of hydrogen-bond acceptors (Lipinski definition) is 4. The molecule has 0 spiro atoms. The molecule has 2 N–H and O–H groups in total. The van der Waals surface area contributed by atoms with Crippen LogP contribution in [0.5, 0.6) is 0 Å². The third kappa shape index (κ3) is 5.41. The number of carbonyl (C=O) groups excluding carboxylic acids is 1. The second-order valence-corrected chi connectivity index (χ2v) is 9.99. The van der Waals surface area contributed by atoms with Crippen LogP contribution in [0.25, 0.3) is 10.9 Å². The first-order valence-electron chi connectivity index (χ1n) is 12.5. The smallest absolute Gasteiger partial charge is 0.253 e. The minimum absolute atomic E-state index is 0.147. The van der Waals surface area contributed by atoms with E-state index in [1.165, 1.54) is 18.4 Å². The fourth-order valence-corrected chi connectivity index (χ4v) is 5.10. The van der Waals surface area contributed by atoms with E-state index in [1.807, 2.05) is 32.2 Å². The minimum Gasteiger partial charge on any atom is -0.348 e. The van der Waals surface area contributed by atoms with Crippen LogP contribution < -0.4 is 10.9 Å². The predicted octanol–water partition coefficient (Wildman–Crippen LogP) is 4.27. The highest BCUT2D eigenvalue weighted by Crippen LogP contribution is 2.33. The maximum absolute atomic E-state index is 13.4. The molecule has 0 aliphatic heterocycles. The molecule has 1 aliphatic carbocycles. The molecule has 0 bridgehead atoms. The summed E-state index contributed by atoms with van der Waals surface area (Å²) < 4.78 is 2.14. The number of carbonyl (C=O) groups is 1. The first-order chi connectivity index (χ1) is 16.3. The van der Waals surface area contributed by atoms with Crippen LogP contribution in [-0.4, -0.2) is 46.2 Å². The normalized spacial score (nSPS) is 14.4. The number of amides is 1. The molecule has 34 heavy (non-hydrogen) atoms. The number of unbranched alkanes of at least 4 members (excludes halogenated alkanes) is 1. The highest BCUT2D eigenvalue weighted by Gasteiger charge is 2.22. The molecule has 1 aromatic carbocycles. The number of aromatic amines is 1. The zero-order valence-corrected chi connectivity index (χ0v) is 20.9. The molecule has 1 fully saturated rings. The van der Waals surface area contributed by atoms with Crippen molar-refractivity contribution in [2.24, 2.45) is 0 Å². The second kappa shape index (κ2) is 10.6. The van der Waals surface area contributed by atoms with Gasteiger partial charge in [0.2, 0.25) is 0 Å². The topological polar surface area (TPSA) is 83.0 Å². The second-order valence-electron chi connectivity index (χ2n) is 9.99. The van der Waals surface area contributed by atoms with E-state index in [2.05, 4.69) is 40.0 Å². The van der Waals surface area contributed by atoms with Gasteiger partial charge < -0.3 is 15.2 Å². The van der Waals surface area contributed by atoms with Gasteiger partial charge in [-0.15, -0.1) is 0 Å². The number of benzene rings is 1. The summed E-state index contributed by atoms with van der Waals surface area (Å²) in [6.07, 6.45) is 9.69. The first kappa shape index (κ1) is 24.2. The number of nitrogens with zero attached hydrogens (tertiary/aromatic N) is 3. The summed E-state index contributed by atoms with van der Waals surface area (Å²) in [7, 11) is 4.19. The summed E-state index contributed by atoms with van der Waals surface area (Å²) in [6, 6.07) is 6.58. The van der Waals surface area contributed by atoms with Gasteiger partial charge >= 0.3 is 0 Å². The summed E-state index contributed by atoms with van der Waals surface area (Å²) in [6.45, 7) is 5.02. The molecule has 7 nitrogen and oxygen atoms in total. The van der Waals surface area contributed by atoms with E-state index in [9.17, 15) is 9.59 Å². The van der Waals surface area contributed by atoms with E-state index in [1.54, 1.807) is 0 Å². The van der Waals surface area contributed by atoms with Gasteiger partial charge in [0.15, 0.2) is 0 Å². The molecule has 3 aromatic rings. The zero-order chi connectivity index (χ0) is 24.2. The van der Waals surface area contributed by atoms with Crippen molar-refractivity contribution in [1.82, 2.24) is 25.0 Å². The van der Waals surface area contributed by atoms with Gasteiger partial charge in [0.1, 0.15) is 0 Å². The van der Waals surface area contributed by atoms with Gasteiger partial charge in [-0.3, -0.25) is 14.3 Å². The minimum atomic E-state index is -0.162. The Labute approximate surface area is 201 Å². The first-order valence-corrected chi connectivity index (χ1v) is 12.5. The molecule has 2 aromatic heterocycles. The highest BCUT2D eigenvalue weighted by atomic mass is 16.1. The molecule has 1 amide bonds. The van der Waals surface area contributed by atoms with Crippen molar-refractivity contribution in [2.45, 2.75) is 71.4 Å². The van der Waals surface area contributed by atoms with Crippen molar-refractivity contribution < 1.29 is 4.79 Å². The van der Waals surface area contributed by atoms with Crippen LogP contribution in [0.15, 0.2) is 29.2 Å². The number of fused-ring (bicyclic) bond motifs is 1. The SMILES string of the molecule is Cc1cc(C)c(CNC(=O)c2cc(CCCCN(C)C)cc3c2cnn3C2CCCC2)c(=O)[nH]1. The lowest BCUT2D eigenvalue weighted by molar-refractivity contribution is 0.0952. The number of hydrogen-bond donors (Lipinski definition) is 2. The molecular weight excluding hydrogens is 426 g/mol. The number of rotatable bonds is 9. The molecule has 0 atom stereocenters. The number of pyridine rings is 1.